The Morgan fingerprint density at radius 3 is 1.62 bits per heavy atom. The fourth-order valence-electron chi connectivity index (χ4n) is 0.382. The first-order valence-corrected chi connectivity index (χ1v) is 2.38. The molecule has 8 heavy (non-hydrogen) atoms. The maximum atomic E-state index is 3.64. The molecule has 0 aromatic carbocycles. The van der Waals surface area contributed by atoms with Crippen LogP contribution >= 0.6 is 0 Å². The summed E-state index contributed by atoms with van der Waals surface area (Å²) in [6.07, 6.45) is 10.7. The van der Waals surface area contributed by atoms with Crippen LogP contribution in [0.4, 0.5) is 0 Å². The molecule has 0 aromatic rings. The molecule has 0 bridgehead atoms. The lowest BCUT2D eigenvalue weighted by atomic mass is 10.4. The SMILES string of the molecule is C1=C\C=C/N=N\C=C/1. The lowest BCUT2D eigenvalue weighted by molar-refractivity contribution is 1.22. The highest BCUT2D eigenvalue weighted by atomic mass is 15.1. The summed E-state index contributed by atoms with van der Waals surface area (Å²) in [7, 11) is 0. The van der Waals surface area contributed by atoms with Crippen molar-refractivity contribution in [2.45, 2.75) is 0 Å². The summed E-state index contributed by atoms with van der Waals surface area (Å²) < 4.78 is 0. The summed E-state index contributed by atoms with van der Waals surface area (Å²) in [5.74, 6) is 0. The number of hydrogen-bond acceptors (Lipinski definition) is 2. The zero-order chi connectivity index (χ0) is 5.66. The van der Waals surface area contributed by atoms with Crippen molar-refractivity contribution in [3.05, 3.63) is 36.7 Å². The summed E-state index contributed by atoms with van der Waals surface area (Å²) in [6.45, 7) is 0. The van der Waals surface area contributed by atoms with Gasteiger partial charge in [-0.2, -0.15) is 10.2 Å². The van der Waals surface area contributed by atoms with E-state index in [0.29, 0.717) is 0 Å². The van der Waals surface area contributed by atoms with Crippen molar-refractivity contribution in [1.82, 2.24) is 0 Å². The van der Waals surface area contributed by atoms with Gasteiger partial charge < -0.3 is 0 Å². The van der Waals surface area contributed by atoms with Crippen LogP contribution < -0.4 is 0 Å². The first-order chi connectivity index (χ1) is 4.00. The second-order valence-corrected chi connectivity index (χ2v) is 1.30. The number of hydrogen-bond donors (Lipinski definition) is 0. The Morgan fingerprint density at radius 2 is 1.12 bits per heavy atom. The van der Waals surface area contributed by atoms with Gasteiger partial charge in [-0.05, 0) is 12.2 Å². The summed E-state index contributed by atoms with van der Waals surface area (Å²) in [5, 5.41) is 7.27. The fourth-order valence-corrected chi connectivity index (χ4v) is 0.382. The monoisotopic (exact) mass is 106 g/mol. The second-order valence-electron chi connectivity index (χ2n) is 1.30. The van der Waals surface area contributed by atoms with E-state index in [2.05, 4.69) is 10.2 Å². The predicted octanol–water partition coefficient (Wildman–Crippen LogP) is 2.04. The Hall–Kier alpha value is -1.18. The summed E-state index contributed by atoms with van der Waals surface area (Å²) in [4.78, 5) is 0. The molecule has 0 saturated heterocycles. The van der Waals surface area contributed by atoms with Crippen LogP contribution in [0.3, 0.4) is 0 Å². The highest BCUT2D eigenvalue weighted by Gasteiger charge is 1.66. The van der Waals surface area contributed by atoms with Gasteiger partial charge in [0, 0.05) is 12.4 Å². The standard InChI is InChI=1S/C6H6N2/c1-2-4-6-8-7-5-3-1/h1-6H/b2-1-,3-1?,4-2?,5-3-,6-4-,7-5?,8-6?,8-7-. The molecule has 1 rings (SSSR count). The molecule has 0 aromatic heterocycles. The highest BCUT2D eigenvalue weighted by Crippen LogP contribution is 1.87. The lowest BCUT2D eigenvalue weighted by Gasteiger charge is -1.76. The van der Waals surface area contributed by atoms with Crippen LogP contribution in [0.1, 0.15) is 0 Å². The molecule has 0 atom stereocenters. The van der Waals surface area contributed by atoms with Crippen molar-refractivity contribution in [2.75, 3.05) is 0 Å². The van der Waals surface area contributed by atoms with Crippen LogP contribution in [0.25, 0.3) is 0 Å². The van der Waals surface area contributed by atoms with Gasteiger partial charge >= 0.3 is 0 Å². The molecular weight excluding hydrogens is 100 g/mol. The molecule has 0 radical (unpaired) electrons. The molecular formula is C6H6N2. The van der Waals surface area contributed by atoms with E-state index in [1.54, 1.807) is 12.4 Å². The Kier molecular flexibility index (Phi) is 1.80. The zero-order valence-corrected chi connectivity index (χ0v) is 4.36. The van der Waals surface area contributed by atoms with Gasteiger partial charge in [0.15, 0.2) is 0 Å². The molecule has 0 saturated carbocycles. The van der Waals surface area contributed by atoms with Crippen molar-refractivity contribution in [3.8, 4) is 0 Å². The van der Waals surface area contributed by atoms with Gasteiger partial charge in [0.1, 0.15) is 0 Å². The molecule has 0 aliphatic carbocycles. The minimum atomic E-state index is 1.64. The van der Waals surface area contributed by atoms with Gasteiger partial charge in [0.2, 0.25) is 0 Å². The Labute approximate surface area is 47.9 Å². The Morgan fingerprint density at radius 1 is 0.625 bits per heavy atom. The predicted molar refractivity (Wildman–Crippen MR) is 32.3 cm³/mol. The highest BCUT2D eigenvalue weighted by molar-refractivity contribution is 5.11. The summed E-state index contributed by atoms with van der Waals surface area (Å²) in [5.41, 5.74) is 0. The van der Waals surface area contributed by atoms with Gasteiger partial charge in [0.25, 0.3) is 0 Å². The zero-order valence-electron chi connectivity index (χ0n) is 4.36. The topological polar surface area (TPSA) is 24.7 Å². The van der Waals surface area contributed by atoms with E-state index in [4.69, 9.17) is 0 Å². The summed E-state index contributed by atoms with van der Waals surface area (Å²) >= 11 is 0. The maximum absolute atomic E-state index is 3.64. The van der Waals surface area contributed by atoms with Crippen LogP contribution in [0.15, 0.2) is 46.9 Å². The number of nitrogens with zero attached hydrogens (tertiary/aromatic N) is 2. The van der Waals surface area contributed by atoms with Crippen LogP contribution in [-0.2, 0) is 0 Å². The van der Waals surface area contributed by atoms with E-state index in [1.807, 2.05) is 24.3 Å². The fraction of sp³-hybridized carbons (Fsp3) is 0. The third-order valence-electron chi connectivity index (χ3n) is 0.705. The van der Waals surface area contributed by atoms with E-state index >= 15 is 0 Å². The van der Waals surface area contributed by atoms with E-state index in [-0.39, 0.29) is 0 Å². The van der Waals surface area contributed by atoms with Crippen LogP contribution in [-0.4, -0.2) is 0 Å². The minimum absolute atomic E-state index is 1.64. The van der Waals surface area contributed by atoms with E-state index in [1.165, 1.54) is 0 Å². The average molecular weight is 106 g/mol. The molecule has 2 heteroatoms. The third-order valence-corrected chi connectivity index (χ3v) is 0.705. The van der Waals surface area contributed by atoms with E-state index in [0.717, 1.165) is 0 Å². The first kappa shape index (κ1) is 4.97. The molecule has 0 spiro atoms. The number of allylic oxidation sites excluding steroid dienone is 4. The minimum Gasteiger partial charge on any atom is -0.159 e. The van der Waals surface area contributed by atoms with Gasteiger partial charge in [-0.25, -0.2) is 0 Å². The van der Waals surface area contributed by atoms with Crippen LogP contribution in [0, 0.1) is 0 Å². The number of rotatable bonds is 0. The van der Waals surface area contributed by atoms with Crippen LogP contribution in [0.2, 0.25) is 0 Å². The third kappa shape index (κ3) is 1.51. The van der Waals surface area contributed by atoms with Gasteiger partial charge in [-0.3, -0.25) is 0 Å². The molecule has 0 unspecified atom stereocenters. The Balaban J connectivity index is 2.67. The summed E-state index contributed by atoms with van der Waals surface area (Å²) in [6, 6.07) is 0. The van der Waals surface area contributed by atoms with Crippen molar-refractivity contribution >= 4 is 0 Å². The molecule has 2 nitrogen and oxygen atoms in total. The molecule has 1 aliphatic rings. The normalized spacial score (nSPS) is 32.0. The first-order valence-electron chi connectivity index (χ1n) is 2.38. The molecule has 0 amide bonds. The van der Waals surface area contributed by atoms with Crippen molar-refractivity contribution in [3.63, 3.8) is 0 Å². The molecule has 0 N–H and O–H groups in total. The second kappa shape index (κ2) is 2.91. The lowest BCUT2D eigenvalue weighted by Crippen LogP contribution is -1.54. The smallest absolute Gasteiger partial charge is 0.0495 e. The van der Waals surface area contributed by atoms with E-state index < -0.39 is 0 Å². The van der Waals surface area contributed by atoms with Crippen molar-refractivity contribution < 1.29 is 0 Å². The molecule has 1 aliphatic heterocycles. The van der Waals surface area contributed by atoms with Gasteiger partial charge in [-0.15, -0.1) is 0 Å². The number of azo groups is 1. The van der Waals surface area contributed by atoms with E-state index in [9.17, 15) is 0 Å². The van der Waals surface area contributed by atoms with Gasteiger partial charge in [0.05, 0.1) is 0 Å². The molecule has 1 heterocycles. The largest absolute Gasteiger partial charge is 0.159 e. The van der Waals surface area contributed by atoms with Crippen LogP contribution in [0.5, 0.6) is 0 Å². The Bertz CT molecular complexity index is 107. The molecule has 40 valence electrons. The van der Waals surface area contributed by atoms with Crippen molar-refractivity contribution in [2.24, 2.45) is 10.2 Å². The van der Waals surface area contributed by atoms with Crippen molar-refractivity contribution in [1.29, 1.82) is 0 Å². The van der Waals surface area contributed by atoms with Gasteiger partial charge in [-0.1, -0.05) is 12.2 Å². The molecule has 0 fully saturated rings. The quantitative estimate of drug-likeness (QED) is 0.451. The average Bonchev–Trinajstić information content (AvgIpc) is 1.62. The maximum Gasteiger partial charge on any atom is 0.0495 e.